The molecule has 0 fully saturated rings. The highest BCUT2D eigenvalue weighted by molar-refractivity contribution is 6.33. The number of carbonyl (C=O) groups is 1. The van der Waals surface area contributed by atoms with E-state index in [4.69, 9.17) is 16.3 Å². The maximum Gasteiger partial charge on any atom is 0.254 e. The number of nitrogens with zero attached hydrogens (tertiary/aromatic N) is 1. The van der Waals surface area contributed by atoms with Gasteiger partial charge in [0.05, 0.1) is 23.7 Å². The number of aryl methyl sites for hydroxylation is 1. The van der Waals surface area contributed by atoms with E-state index in [-0.39, 0.29) is 11.9 Å². The van der Waals surface area contributed by atoms with Crippen molar-refractivity contribution in [1.82, 2.24) is 10.3 Å². The number of benzene rings is 1. The molecule has 5 heteroatoms. The summed E-state index contributed by atoms with van der Waals surface area (Å²) in [6.07, 6.45) is 1.49. The van der Waals surface area contributed by atoms with Gasteiger partial charge < -0.3 is 10.1 Å². The Hall–Kier alpha value is -2.07. The third kappa shape index (κ3) is 3.52. The van der Waals surface area contributed by atoms with Gasteiger partial charge in [-0.25, -0.2) is 0 Å². The van der Waals surface area contributed by atoms with Crippen LogP contribution < -0.4 is 10.1 Å². The number of ether oxygens (including phenoxy) is 1. The topological polar surface area (TPSA) is 51.2 Å². The summed E-state index contributed by atoms with van der Waals surface area (Å²) in [6, 6.07) is 9.03. The van der Waals surface area contributed by atoms with Crippen molar-refractivity contribution in [1.29, 1.82) is 0 Å². The van der Waals surface area contributed by atoms with Crippen LogP contribution in [0.25, 0.3) is 0 Å². The first-order valence-corrected chi connectivity index (χ1v) is 6.96. The van der Waals surface area contributed by atoms with E-state index in [9.17, 15) is 4.79 Å². The second kappa shape index (κ2) is 6.59. The maximum atomic E-state index is 12.3. The molecule has 0 spiro atoms. The first kappa shape index (κ1) is 15.3. The molecule has 2 aromatic rings. The average Bonchev–Trinajstić information content (AvgIpc) is 2.46. The highest BCUT2D eigenvalue weighted by Crippen LogP contribution is 2.25. The van der Waals surface area contributed by atoms with Crippen LogP contribution in [0.5, 0.6) is 5.75 Å². The van der Waals surface area contributed by atoms with Gasteiger partial charge >= 0.3 is 0 Å². The minimum atomic E-state index is -0.258. The second-order valence-electron chi connectivity index (χ2n) is 4.74. The Morgan fingerprint density at radius 1 is 1.38 bits per heavy atom. The predicted molar refractivity (Wildman–Crippen MR) is 82.9 cm³/mol. The Morgan fingerprint density at radius 3 is 2.76 bits per heavy atom. The van der Waals surface area contributed by atoms with Gasteiger partial charge in [0, 0.05) is 17.5 Å². The van der Waals surface area contributed by atoms with Gasteiger partial charge in [-0.3, -0.25) is 9.78 Å². The van der Waals surface area contributed by atoms with Crippen LogP contribution in [0.2, 0.25) is 5.02 Å². The van der Waals surface area contributed by atoms with Crippen molar-refractivity contribution in [3.63, 3.8) is 0 Å². The van der Waals surface area contributed by atoms with E-state index in [2.05, 4.69) is 10.3 Å². The van der Waals surface area contributed by atoms with Crippen LogP contribution >= 0.6 is 11.6 Å². The SMILES string of the molecule is COc1ccccc1C(C)NC(=O)c1cnc(C)cc1Cl. The Morgan fingerprint density at radius 2 is 2.10 bits per heavy atom. The molecule has 1 aromatic carbocycles. The molecule has 4 nitrogen and oxygen atoms in total. The van der Waals surface area contributed by atoms with Crippen LogP contribution in [0.4, 0.5) is 0 Å². The maximum absolute atomic E-state index is 12.3. The molecule has 1 atom stereocenters. The van der Waals surface area contributed by atoms with E-state index in [1.54, 1.807) is 13.2 Å². The van der Waals surface area contributed by atoms with Crippen LogP contribution in [-0.2, 0) is 0 Å². The number of halogens is 1. The van der Waals surface area contributed by atoms with Gasteiger partial charge in [-0.15, -0.1) is 0 Å². The average molecular weight is 305 g/mol. The fourth-order valence-electron chi connectivity index (χ4n) is 2.07. The summed E-state index contributed by atoms with van der Waals surface area (Å²) in [5.74, 6) is 0.476. The molecule has 2 rings (SSSR count). The molecule has 1 amide bonds. The van der Waals surface area contributed by atoms with E-state index in [0.29, 0.717) is 10.6 Å². The molecule has 0 aliphatic rings. The Bertz CT molecular complexity index is 658. The lowest BCUT2D eigenvalue weighted by atomic mass is 10.1. The quantitative estimate of drug-likeness (QED) is 0.940. The van der Waals surface area contributed by atoms with Crippen LogP contribution in [-0.4, -0.2) is 18.0 Å². The summed E-state index contributed by atoms with van der Waals surface area (Å²) >= 11 is 6.09. The number of pyridine rings is 1. The van der Waals surface area contributed by atoms with Crippen molar-refractivity contribution >= 4 is 17.5 Å². The minimum absolute atomic E-state index is 0.203. The van der Waals surface area contributed by atoms with Gasteiger partial charge in [0.1, 0.15) is 5.75 Å². The number of nitrogens with one attached hydrogen (secondary N) is 1. The molecular formula is C16H17ClN2O2. The fraction of sp³-hybridized carbons (Fsp3) is 0.250. The normalized spacial score (nSPS) is 11.8. The van der Waals surface area contributed by atoms with Gasteiger partial charge in [0.25, 0.3) is 5.91 Å². The van der Waals surface area contributed by atoms with Gasteiger partial charge in [0.2, 0.25) is 0 Å². The number of hydrogen-bond acceptors (Lipinski definition) is 3. The first-order chi connectivity index (χ1) is 10.0. The van der Waals surface area contributed by atoms with Crippen molar-refractivity contribution in [2.45, 2.75) is 19.9 Å². The lowest BCUT2D eigenvalue weighted by Crippen LogP contribution is -2.27. The van der Waals surface area contributed by atoms with E-state index in [1.807, 2.05) is 38.1 Å². The third-order valence-corrected chi connectivity index (χ3v) is 3.50. The summed E-state index contributed by atoms with van der Waals surface area (Å²) in [5.41, 5.74) is 2.04. The summed E-state index contributed by atoms with van der Waals surface area (Å²) < 4.78 is 5.30. The molecule has 1 aromatic heterocycles. The minimum Gasteiger partial charge on any atom is -0.496 e. The highest BCUT2D eigenvalue weighted by atomic mass is 35.5. The zero-order valence-electron chi connectivity index (χ0n) is 12.2. The Labute approximate surface area is 129 Å². The number of amides is 1. The molecule has 0 saturated carbocycles. The van der Waals surface area contributed by atoms with Gasteiger partial charge in [-0.1, -0.05) is 29.8 Å². The number of aromatic nitrogens is 1. The van der Waals surface area contributed by atoms with E-state index >= 15 is 0 Å². The number of para-hydroxylation sites is 1. The van der Waals surface area contributed by atoms with Crippen LogP contribution in [0, 0.1) is 6.92 Å². The summed E-state index contributed by atoms with van der Waals surface area (Å²) in [4.78, 5) is 16.4. The summed E-state index contributed by atoms with van der Waals surface area (Å²) in [6.45, 7) is 3.72. The smallest absolute Gasteiger partial charge is 0.254 e. The predicted octanol–water partition coefficient (Wildman–Crippen LogP) is 3.54. The Kier molecular flexibility index (Phi) is 4.81. The Balaban J connectivity index is 2.19. The second-order valence-corrected chi connectivity index (χ2v) is 5.15. The number of methoxy groups -OCH3 is 1. The lowest BCUT2D eigenvalue weighted by Gasteiger charge is -2.17. The first-order valence-electron chi connectivity index (χ1n) is 6.59. The molecule has 1 unspecified atom stereocenters. The molecule has 0 saturated heterocycles. The third-order valence-electron chi connectivity index (χ3n) is 3.19. The molecule has 1 heterocycles. The van der Waals surface area contributed by atoms with Gasteiger partial charge in [-0.05, 0) is 26.0 Å². The van der Waals surface area contributed by atoms with E-state index in [0.717, 1.165) is 17.0 Å². The van der Waals surface area contributed by atoms with Crippen LogP contribution in [0.15, 0.2) is 36.5 Å². The molecular weight excluding hydrogens is 288 g/mol. The zero-order chi connectivity index (χ0) is 15.4. The summed E-state index contributed by atoms with van der Waals surface area (Å²) in [7, 11) is 1.61. The molecule has 0 aliphatic carbocycles. The lowest BCUT2D eigenvalue weighted by molar-refractivity contribution is 0.0939. The molecule has 0 aliphatic heterocycles. The molecule has 0 bridgehead atoms. The standard InChI is InChI=1S/C16H17ClN2O2/c1-10-8-14(17)13(9-18-10)16(20)19-11(2)12-6-4-5-7-15(12)21-3/h4-9,11H,1-3H3,(H,19,20). The fourth-order valence-corrected chi connectivity index (χ4v) is 2.36. The molecule has 0 radical (unpaired) electrons. The van der Waals surface area contributed by atoms with Crippen molar-refractivity contribution in [3.05, 3.63) is 58.4 Å². The van der Waals surface area contributed by atoms with E-state index < -0.39 is 0 Å². The van der Waals surface area contributed by atoms with Gasteiger partial charge in [-0.2, -0.15) is 0 Å². The highest BCUT2D eigenvalue weighted by Gasteiger charge is 2.17. The molecule has 110 valence electrons. The van der Waals surface area contributed by atoms with Crippen molar-refractivity contribution in [3.8, 4) is 5.75 Å². The molecule has 1 N–H and O–H groups in total. The number of rotatable bonds is 4. The van der Waals surface area contributed by atoms with Crippen LogP contribution in [0.3, 0.4) is 0 Å². The number of hydrogen-bond donors (Lipinski definition) is 1. The monoisotopic (exact) mass is 304 g/mol. The largest absolute Gasteiger partial charge is 0.496 e. The van der Waals surface area contributed by atoms with Gasteiger partial charge in [0.15, 0.2) is 0 Å². The van der Waals surface area contributed by atoms with Crippen molar-refractivity contribution < 1.29 is 9.53 Å². The van der Waals surface area contributed by atoms with Crippen molar-refractivity contribution in [2.75, 3.05) is 7.11 Å². The molecule has 21 heavy (non-hydrogen) atoms. The van der Waals surface area contributed by atoms with E-state index in [1.165, 1.54) is 6.20 Å². The van der Waals surface area contributed by atoms with Crippen LogP contribution in [0.1, 0.15) is 34.6 Å². The van der Waals surface area contributed by atoms with Crippen molar-refractivity contribution in [2.24, 2.45) is 0 Å². The number of carbonyl (C=O) groups excluding carboxylic acids is 1. The summed E-state index contributed by atoms with van der Waals surface area (Å²) in [5, 5.41) is 3.30. The zero-order valence-corrected chi connectivity index (χ0v) is 12.9.